The zero-order valence-electron chi connectivity index (χ0n) is 14.3. The molecule has 0 aromatic rings. The van der Waals surface area contributed by atoms with Crippen LogP contribution in [-0.2, 0) is 23.9 Å². The summed E-state index contributed by atoms with van der Waals surface area (Å²) in [6, 6.07) is -0.895. The van der Waals surface area contributed by atoms with Crippen LogP contribution >= 0.6 is 0 Å². The summed E-state index contributed by atoms with van der Waals surface area (Å²) in [5.41, 5.74) is -0.925. The van der Waals surface area contributed by atoms with E-state index in [-0.39, 0.29) is 0 Å². The predicted octanol–water partition coefficient (Wildman–Crippen LogP) is -0.0219. The Labute approximate surface area is 139 Å². The molecule has 2 atom stereocenters. The van der Waals surface area contributed by atoms with Crippen LogP contribution in [0.2, 0.25) is 0 Å². The van der Waals surface area contributed by atoms with E-state index in [1.165, 1.54) is 17.4 Å². The summed E-state index contributed by atoms with van der Waals surface area (Å²) in [4.78, 5) is 49.3. The second-order valence-electron chi connectivity index (χ2n) is 7.31. The number of carbonyl (C=O) groups excluding carboxylic acids is 4. The SMILES string of the molecule is CC(C)(C)OC(=O)C1CCCN2C(=O)C(C)(CC(=O)NO)C(=O)N12. The second kappa shape index (κ2) is 6.04. The van der Waals surface area contributed by atoms with Gasteiger partial charge in [-0.1, -0.05) is 0 Å². The molecule has 24 heavy (non-hydrogen) atoms. The van der Waals surface area contributed by atoms with Crippen LogP contribution in [0.3, 0.4) is 0 Å². The minimum atomic E-state index is -1.64. The molecule has 2 saturated heterocycles. The van der Waals surface area contributed by atoms with E-state index >= 15 is 0 Å². The van der Waals surface area contributed by atoms with E-state index in [2.05, 4.69) is 0 Å². The lowest BCUT2D eigenvalue weighted by molar-refractivity contribution is -0.179. The highest BCUT2D eigenvalue weighted by molar-refractivity contribution is 6.12. The number of amides is 3. The molecule has 2 fully saturated rings. The average Bonchev–Trinajstić information content (AvgIpc) is 2.67. The molecule has 0 saturated carbocycles. The van der Waals surface area contributed by atoms with Gasteiger partial charge in [0.1, 0.15) is 11.0 Å². The molecule has 0 bridgehead atoms. The molecule has 0 aromatic carbocycles. The first-order valence-electron chi connectivity index (χ1n) is 7.82. The van der Waals surface area contributed by atoms with E-state index in [0.717, 1.165) is 5.01 Å². The molecule has 0 aliphatic carbocycles. The van der Waals surface area contributed by atoms with Gasteiger partial charge >= 0.3 is 5.97 Å². The Kier molecular flexibility index (Phi) is 4.58. The van der Waals surface area contributed by atoms with Crippen LogP contribution in [0.1, 0.15) is 47.0 Å². The largest absolute Gasteiger partial charge is 0.458 e. The lowest BCUT2D eigenvalue weighted by atomic mass is 9.85. The maximum Gasteiger partial charge on any atom is 0.331 e. The van der Waals surface area contributed by atoms with Gasteiger partial charge in [0, 0.05) is 6.54 Å². The van der Waals surface area contributed by atoms with Crippen LogP contribution in [0.4, 0.5) is 0 Å². The van der Waals surface area contributed by atoms with E-state index in [0.29, 0.717) is 19.4 Å². The van der Waals surface area contributed by atoms with Gasteiger partial charge in [-0.15, -0.1) is 0 Å². The minimum Gasteiger partial charge on any atom is -0.458 e. The van der Waals surface area contributed by atoms with Crippen LogP contribution < -0.4 is 5.48 Å². The fourth-order valence-electron chi connectivity index (χ4n) is 3.01. The molecule has 0 aromatic heterocycles. The molecule has 2 aliphatic heterocycles. The van der Waals surface area contributed by atoms with Crippen molar-refractivity contribution in [1.82, 2.24) is 15.5 Å². The summed E-state index contributed by atoms with van der Waals surface area (Å²) in [6.07, 6.45) is 0.434. The van der Waals surface area contributed by atoms with Crippen molar-refractivity contribution in [3.05, 3.63) is 0 Å². The molecule has 2 aliphatic rings. The van der Waals surface area contributed by atoms with Gasteiger partial charge in [0.2, 0.25) is 5.91 Å². The lowest BCUT2D eigenvalue weighted by Gasteiger charge is -2.38. The standard InChI is InChI=1S/C15H23N3O6/c1-14(2,3)24-11(20)9-6-5-7-17-12(21)15(4,8-10(19)16-23)13(22)18(9)17/h9,23H,5-8H2,1-4H3,(H,16,19). The Morgan fingerprint density at radius 1 is 1.33 bits per heavy atom. The molecule has 2 heterocycles. The molecular formula is C15H23N3O6. The first kappa shape index (κ1) is 18.2. The van der Waals surface area contributed by atoms with Crippen molar-refractivity contribution in [2.24, 2.45) is 5.41 Å². The first-order chi connectivity index (χ1) is 11.0. The van der Waals surface area contributed by atoms with Gasteiger partial charge < -0.3 is 4.74 Å². The van der Waals surface area contributed by atoms with Gasteiger partial charge in [-0.05, 0) is 40.5 Å². The van der Waals surface area contributed by atoms with Gasteiger partial charge in [-0.25, -0.2) is 20.3 Å². The quantitative estimate of drug-likeness (QED) is 0.322. The number of fused-ring (bicyclic) bond motifs is 1. The average molecular weight is 341 g/mol. The maximum absolute atomic E-state index is 12.8. The zero-order valence-corrected chi connectivity index (χ0v) is 14.3. The Morgan fingerprint density at radius 2 is 1.96 bits per heavy atom. The van der Waals surface area contributed by atoms with Crippen molar-refractivity contribution in [2.45, 2.75) is 58.6 Å². The molecule has 0 radical (unpaired) electrons. The summed E-state index contributed by atoms with van der Waals surface area (Å²) in [7, 11) is 0. The van der Waals surface area contributed by atoms with Crippen LogP contribution in [0, 0.1) is 5.41 Å². The lowest BCUT2D eigenvalue weighted by Crippen LogP contribution is -2.55. The van der Waals surface area contributed by atoms with E-state index in [1.807, 2.05) is 0 Å². The number of hydrogen-bond acceptors (Lipinski definition) is 6. The normalized spacial score (nSPS) is 27.1. The molecule has 9 nitrogen and oxygen atoms in total. The molecule has 2 rings (SSSR count). The number of hydrazine groups is 1. The molecule has 3 amide bonds. The number of esters is 1. The molecule has 134 valence electrons. The van der Waals surface area contributed by atoms with Gasteiger partial charge in [0.05, 0.1) is 6.42 Å². The third-order valence-corrected chi connectivity index (χ3v) is 4.11. The van der Waals surface area contributed by atoms with Gasteiger partial charge in [-0.2, -0.15) is 0 Å². The highest BCUT2D eigenvalue weighted by atomic mass is 16.6. The van der Waals surface area contributed by atoms with Gasteiger partial charge in [0.15, 0.2) is 6.04 Å². The van der Waals surface area contributed by atoms with Crippen LogP contribution in [0.15, 0.2) is 0 Å². The Balaban J connectivity index is 2.30. The molecule has 9 heteroatoms. The summed E-state index contributed by atoms with van der Waals surface area (Å²) >= 11 is 0. The minimum absolute atomic E-state index is 0.292. The number of nitrogens with one attached hydrogen (secondary N) is 1. The highest BCUT2D eigenvalue weighted by Crippen LogP contribution is 2.39. The zero-order chi connectivity index (χ0) is 18.3. The number of nitrogens with zero attached hydrogens (tertiary/aromatic N) is 2. The summed E-state index contributed by atoms with van der Waals surface area (Å²) in [5, 5.41) is 11.0. The smallest absolute Gasteiger partial charge is 0.331 e. The topological polar surface area (TPSA) is 116 Å². The first-order valence-corrected chi connectivity index (χ1v) is 7.82. The number of carbonyl (C=O) groups is 4. The number of hydrogen-bond donors (Lipinski definition) is 2. The second-order valence-corrected chi connectivity index (χ2v) is 7.31. The highest BCUT2D eigenvalue weighted by Gasteiger charge is 2.60. The maximum atomic E-state index is 12.8. The van der Waals surface area contributed by atoms with E-state index < -0.39 is 47.2 Å². The Hall–Kier alpha value is -2.16. The third kappa shape index (κ3) is 3.08. The monoisotopic (exact) mass is 341 g/mol. The van der Waals surface area contributed by atoms with Crippen LogP contribution in [0.25, 0.3) is 0 Å². The number of rotatable bonds is 3. The van der Waals surface area contributed by atoms with Crippen LogP contribution in [-0.4, -0.2) is 57.1 Å². The van der Waals surface area contributed by atoms with Crippen molar-refractivity contribution in [1.29, 1.82) is 0 Å². The number of ether oxygens (including phenoxy) is 1. The van der Waals surface area contributed by atoms with Gasteiger partial charge in [-0.3, -0.25) is 19.6 Å². The molecule has 2 N–H and O–H groups in total. The van der Waals surface area contributed by atoms with Crippen LogP contribution in [0.5, 0.6) is 0 Å². The fraction of sp³-hybridized carbons (Fsp3) is 0.733. The van der Waals surface area contributed by atoms with Crippen molar-refractivity contribution >= 4 is 23.7 Å². The number of hydroxylamine groups is 1. The van der Waals surface area contributed by atoms with Crippen molar-refractivity contribution in [3.63, 3.8) is 0 Å². The Morgan fingerprint density at radius 3 is 2.50 bits per heavy atom. The van der Waals surface area contributed by atoms with E-state index in [4.69, 9.17) is 9.94 Å². The van der Waals surface area contributed by atoms with Gasteiger partial charge in [0.25, 0.3) is 11.8 Å². The molecule has 2 unspecified atom stereocenters. The summed E-state index contributed by atoms with van der Waals surface area (Å²) in [5.74, 6) is -2.60. The fourth-order valence-corrected chi connectivity index (χ4v) is 3.01. The van der Waals surface area contributed by atoms with E-state index in [9.17, 15) is 19.2 Å². The van der Waals surface area contributed by atoms with E-state index in [1.54, 1.807) is 20.8 Å². The van der Waals surface area contributed by atoms with Crippen molar-refractivity contribution in [3.8, 4) is 0 Å². The third-order valence-electron chi connectivity index (χ3n) is 4.11. The van der Waals surface area contributed by atoms with Crippen molar-refractivity contribution < 1.29 is 29.1 Å². The summed E-state index contributed by atoms with van der Waals surface area (Å²) < 4.78 is 5.35. The molecular weight excluding hydrogens is 318 g/mol. The Bertz CT molecular complexity index is 584. The summed E-state index contributed by atoms with van der Waals surface area (Å²) in [6.45, 7) is 6.80. The molecule has 0 spiro atoms. The predicted molar refractivity (Wildman–Crippen MR) is 80.1 cm³/mol. The van der Waals surface area contributed by atoms with Crippen molar-refractivity contribution in [2.75, 3.05) is 6.54 Å².